The molecule has 1 atom stereocenters. The van der Waals surface area contributed by atoms with Crippen molar-refractivity contribution in [1.29, 1.82) is 0 Å². The summed E-state index contributed by atoms with van der Waals surface area (Å²) >= 11 is 0. The van der Waals surface area contributed by atoms with Crippen LogP contribution in [0.5, 0.6) is 11.5 Å². The fraction of sp³-hybridized carbons (Fsp3) is 0.200. The average Bonchev–Trinajstić information content (AvgIpc) is 2.44. The summed E-state index contributed by atoms with van der Waals surface area (Å²) in [6, 6.07) is 10.6. The number of nitrogens with two attached hydrogens (primary N) is 1. The molecule has 0 spiro atoms. The third-order valence-electron chi connectivity index (χ3n) is 2.88. The van der Waals surface area contributed by atoms with Crippen molar-refractivity contribution >= 4 is 0 Å². The highest BCUT2D eigenvalue weighted by Gasteiger charge is 2.19. The molecule has 0 heterocycles. The summed E-state index contributed by atoms with van der Waals surface area (Å²) in [4.78, 5) is 0. The number of halogens is 2. The topological polar surface area (TPSA) is 35.2 Å². The van der Waals surface area contributed by atoms with Crippen molar-refractivity contribution in [1.82, 2.24) is 0 Å². The van der Waals surface area contributed by atoms with Gasteiger partial charge in [-0.1, -0.05) is 31.2 Å². The molecule has 2 aromatic rings. The predicted octanol–water partition coefficient (Wildman–Crippen LogP) is 4.17. The highest BCUT2D eigenvalue weighted by Crippen LogP contribution is 2.31. The maximum Gasteiger partial charge on any atom is 0.198 e. The summed E-state index contributed by atoms with van der Waals surface area (Å²) in [5.74, 6) is -1.51. The lowest BCUT2D eigenvalue weighted by Crippen LogP contribution is -2.11. The molecule has 0 bridgehead atoms. The lowest BCUT2D eigenvalue weighted by atomic mass is 10.0. The smallest absolute Gasteiger partial charge is 0.198 e. The van der Waals surface area contributed by atoms with E-state index in [4.69, 9.17) is 10.5 Å². The van der Waals surface area contributed by atoms with E-state index in [1.165, 1.54) is 12.1 Å². The van der Waals surface area contributed by atoms with Gasteiger partial charge in [-0.15, -0.1) is 0 Å². The Balaban J connectivity index is 2.39. The van der Waals surface area contributed by atoms with Gasteiger partial charge in [0.15, 0.2) is 17.4 Å². The standard InChI is InChI=1S/C15H15F2NO/c1-2-13(18)11-8-9-12(16)15(14(11)17)19-10-6-4-3-5-7-10/h3-9,13H,2,18H2,1H3/t13-/m0/s1. The fourth-order valence-corrected chi connectivity index (χ4v) is 1.75. The molecule has 0 saturated heterocycles. The first-order valence-corrected chi connectivity index (χ1v) is 6.09. The first-order valence-electron chi connectivity index (χ1n) is 6.09. The normalized spacial score (nSPS) is 12.2. The van der Waals surface area contributed by atoms with Crippen LogP contribution in [0.1, 0.15) is 24.9 Å². The van der Waals surface area contributed by atoms with Gasteiger partial charge in [-0.3, -0.25) is 0 Å². The van der Waals surface area contributed by atoms with E-state index in [9.17, 15) is 8.78 Å². The molecule has 0 saturated carbocycles. The second-order valence-electron chi connectivity index (χ2n) is 4.21. The van der Waals surface area contributed by atoms with E-state index in [0.29, 0.717) is 12.2 Å². The van der Waals surface area contributed by atoms with Gasteiger partial charge in [-0.25, -0.2) is 8.78 Å². The minimum absolute atomic E-state index is 0.259. The zero-order chi connectivity index (χ0) is 13.8. The number of benzene rings is 2. The zero-order valence-electron chi connectivity index (χ0n) is 10.6. The van der Waals surface area contributed by atoms with Crippen molar-refractivity contribution in [2.45, 2.75) is 19.4 Å². The molecule has 2 aromatic carbocycles. The molecule has 2 N–H and O–H groups in total. The Morgan fingerprint density at radius 2 is 1.79 bits per heavy atom. The predicted molar refractivity (Wildman–Crippen MR) is 70.1 cm³/mol. The molecule has 4 heteroatoms. The Labute approximate surface area is 110 Å². The number of hydrogen-bond acceptors (Lipinski definition) is 2. The quantitative estimate of drug-likeness (QED) is 0.898. The van der Waals surface area contributed by atoms with Gasteiger partial charge in [0.2, 0.25) is 0 Å². The summed E-state index contributed by atoms with van der Waals surface area (Å²) in [6.45, 7) is 1.84. The van der Waals surface area contributed by atoms with Crippen LogP contribution in [0.3, 0.4) is 0 Å². The highest BCUT2D eigenvalue weighted by molar-refractivity contribution is 5.38. The van der Waals surface area contributed by atoms with Crippen LogP contribution in [0, 0.1) is 11.6 Å². The first kappa shape index (κ1) is 13.5. The molecule has 2 rings (SSSR count). The van der Waals surface area contributed by atoms with Crippen molar-refractivity contribution in [2.75, 3.05) is 0 Å². The molecule has 2 nitrogen and oxygen atoms in total. The maximum absolute atomic E-state index is 14.2. The molecule has 0 aliphatic heterocycles. The molecule has 0 unspecified atom stereocenters. The minimum atomic E-state index is -0.742. The second kappa shape index (κ2) is 5.80. The highest BCUT2D eigenvalue weighted by atomic mass is 19.1. The van der Waals surface area contributed by atoms with Crippen LogP contribution < -0.4 is 10.5 Å². The van der Waals surface area contributed by atoms with Gasteiger partial charge in [0.1, 0.15) is 5.75 Å². The van der Waals surface area contributed by atoms with Crippen LogP contribution in [0.25, 0.3) is 0 Å². The number of hydrogen-bond donors (Lipinski definition) is 1. The van der Waals surface area contributed by atoms with Gasteiger partial charge in [0, 0.05) is 11.6 Å². The Morgan fingerprint density at radius 1 is 1.11 bits per heavy atom. The van der Waals surface area contributed by atoms with Gasteiger partial charge >= 0.3 is 0 Å². The molecule has 0 aliphatic rings. The molecular formula is C15H15F2NO. The summed E-state index contributed by atoms with van der Waals surface area (Å²) in [7, 11) is 0. The van der Waals surface area contributed by atoms with Crippen molar-refractivity contribution in [3.63, 3.8) is 0 Å². The molecule has 0 aliphatic carbocycles. The molecule has 19 heavy (non-hydrogen) atoms. The Kier molecular flexibility index (Phi) is 4.12. The van der Waals surface area contributed by atoms with E-state index in [2.05, 4.69) is 0 Å². The fourth-order valence-electron chi connectivity index (χ4n) is 1.75. The van der Waals surface area contributed by atoms with E-state index >= 15 is 0 Å². The Hall–Kier alpha value is -1.94. The third-order valence-corrected chi connectivity index (χ3v) is 2.88. The van der Waals surface area contributed by atoms with E-state index in [1.807, 2.05) is 6.92 Å². The van der Waals surface area contributed by atoms with Gasteiger partial charge in [0.05, 0.1) is 0 Å². The molecule has 0 fully saturated rings. The molecule has 100 valence electrons. The molecule has 0 amide bonds. The SMILES string of the molecule is CC[C@H](N)c1ccc(F)c(Oc2ccccc2)c1F. The van der Waals surface area contributed by atoms with E-state index in [0.717, 1.165) is 0 Å². The maximum atomic E-state index is 14.2. The van der Waals surface area contributed by atoms with Gasteiger partial charge < -0.3 is 10.5 Å². The van der Waals surface area contributed by atoms with Gasteiger partial charge in [-0.2, -0.15) is 0 Å². The van der Waals surface area contributed by atoms with Crippen LogP contribution in [0.15, 0.2) is 42.5 Å². The summed E-state index contributed by atoms with van der Waals surface area (Å²) < 4.78 is 33.2. The van der Waals surface area contributed by atoms with Crippen molar-refractivity contribution < 1.29 is 13.5 Å². The molecule has 0 aromatic heterocycles. The van der Waals surface area contributed by atoms with Crippen molar-refractivity contribution in [3.8, 4) is 11.5 Å². The Bertz CT molecular complexity index is 558. The third kappa shape index (κ3) is 2.90. The van der Waals surface area contributed by atoms with E-state index in [-0.39, 0.29) is 5.56 Å². The Morgan fingerprint density at radius 3 is 2.42 bits per heavy atom. The average molecular weight is 263 g/mol. The van der Waals surface area contributed by atoms with Crippen LogP contribution in [0.4, 0.5) is 8.78 Å². The second-order valence-corrected chi connectivity index (χ2v) is 4.21. The number of rotatable bonds is 4. The van der Waals surface area contributed by atoms with Crippen LogP contribution >= 0.6 is 0 Å². The molecule has 0 radical (unpaired) electrons. The monoisotopic (exact) mass is 263 g/mol. The lowest BCUT2D eigenvalue weighted by molar-refractivity contribution is 0.401. The first-order chi connectivity index (χ1) is 9.13. The summed E-state index contributed by atoms with van der Waals surface area (Å²) in [6.07, 6.45) is 0.563. The summed E-state index contributed by atoms with van der Waals surface area (Å²) in [5.41, 5.74) is 6.05. The van der Waals surface area contributed by atoms with Crippen LogP contribution in [-0.2, 0) is 0 Å². The van der Waals surface area contributed by atoms with Crippen LogP contribution in [-0.4, -0.2) is 0 Å². The van der Waals surface area contributed by atoms with Crippen LogP contribution in [0.2, 0.25) is 0 Å². The zero-order valence-corrected chi connectivity index (χ0v) is 10.6. The van der Waals surface area contributed by atoms with Crippen molar-refractivity contribution in [3.05, 3.63) is 59.7 Å². The minimum Gasteiger partial charge on any atom is -0.451 e. The molecular weight excluding hydrogens is 248 g/mol. The van der Waals surface area contributed by atoms with E-state index in [1.54, 1.807) is 30.3 Å². The van der Waals surface area contributed by atoms with Gasteiger partial charge in [-0.05, 0) is 24.6 Å². The largest absolute Gasteiger partial charge is 0.451 e. The van der Waals surface area contributed by atoms with E-state index < -0.39 is 23.4 Å². The number of ether oxygens (including phenoxy) is 1. The van der Waals surface area contributed by atoms with Crippen molar-refractivity contribution in [2.24, 2.45) is 5.73 Å². The lowest BCUT2D eigenvalue weighted by Gasteiger charge is -2.14. The van der Waals surface area contributed by atoms with Gasteiger partial charge in [0.25, 0.3) is 0 Å². The summed E-state index contributed by atoms with van der Waals surface area (Å²) in [5, 5.41) is 0. The number of para-hydroxylation sites is 1.